The number of amides is 1. The molecule has 0 saturated carbocycles. The van der Waals surface area contributed by atoms with Crippen molar-refractivity contribution in [2.45, 2.75) is 24.3 Å². The fraction of sp³-hybridized carbons (Fsp3) is 0.533. The Kier molecular flexibility index (Phi) is 5.28. The monoisotopic (exact) mass is 278 g/mol. The van der Waals surface area contributed by atoms with E-state index in [-0.39, 0.29) is 11.8 Å². The smallest absolute Gasteiger partial charge is 0.227 e. The van der Waals surface area contributed by atoms with Crippen molar-refractivity contribution >= 4 is 17.7 Å². The molecule has 1 fully saturated rings. The molecule has 2 rings (SSSR count). The minimum Gasteiger partial charge on any atom is -0.341 e. The highest BCUT2D eigenvalue weighted by molar-refractivity contribution is 7.98. The maximum Gasteiger partial charge on any atom is 0.227 e. The van der Waals surface area contributed by atoms with Crippen LogP contribution in [0.5, 0.6) is 0 Å². The molecule has 1 amide bonds. The van der Waals surface area contributed by atoms with Gasteiger partial charge >= 0.3 is 0 Å². The Hall–Kier alpha value is -1.00. The lowest BCUT2D eigenvalue weighted by Gasteiger charge is -2.27. The van der Waals surface area contributed by atoms with Crippen LogP contribution in [0.3, 0.4) is 0 Å². The molecule has 1 atom stereocenters. The van der Waals surface area contributed by atoms with Gasteiger partial charge in [0.1, 0.15) is 0 Å². The maximum atomic E-state index is 12.3. The van der Waals surface area contributed by atoms with Crippen LogP contribution in [0.15, 0.2) is 29.2 Å². The highest BCUT2D eigenvalue weighted by Gasteiger charge is 2.23. The molecule has 104 valence electrons. The Balaban J connectivity index is 1.91. The van der Waals surface area contributed by atoms with Crippen molar-refractivity contribution in [3.8, 4) is 0 Å². The van der Waals surface area contributed by atoms with Crippen LogP contribution >= 0.6 is 11.8 Å². The molecule has 0 aromatic heterocycles. The molecule has 1 aliphatic heterocycles. The summed E-state index contributed by atoms with van der Waals surface area (Å²) in [7, 11) is 1.90. The van der Waals surface area contributed by atoms with E-state index in [0.29, 0.717) is 6.54 Å². The number of thioether (sulfide) groups is 1. The number of benzene rings is 1. The molecule has 0 unspecified atom stereocenters. The van der Waals surface area contributed by atoms with E-state index >= 15 is 0 Å². The molecule has 1 heterocycles. The fourth-order valence-corrected chi connectivity index (χ4v) is 2.87. The van der Waals surface area contributed by atoms with Crippen molar-refractivity contribution in [1.29, 1.82) is 0 Å². The third-order valence-electron chi connectivity index (χ3n) is 3.60. The summed E-state index contributed by atoms with van der Waals surface area (Å²) < 4.78 is 0. The van der Waals surface area contributed by atoms with Gasteiger partial charge < -0.3 is 10.2 Å². The third kappa shape index (κ3) is 3.98. The first kappa shape index (κ1) is 14.4. The second kappa shape index (κ2) is 6.96. The molecule has 1 saturated heterocycles. The molecule has 0 bridgehead atoms. The van der Waals surface area contributed by atoms with E-state index in [4.69, 9.17) is 0 Å². The summed E-state index contributed by atoms with van der Waals surface area (Å²) in [6.07, 6.45) is 4.19. The second-order valence-corrected chi connectivity index (χ2v) is 5.97. The van der Waals surface area contributed by atoms with Crippen molar-refractivity contribution in [1.82, 2.24) is 10.2 Å². The lowest BCUT2D eigenvalue weighted by atomic mass is 9.98. The van der Waals surface area contributed by atoms with E-state index in [1.54, 1.807) is 11.8 Å². The average Bonchev–Trinajstić information content (AvgIpc) is 2.48. The van der Waals surface area contributed by atoms with E-state index in [1.807, 2.05) is 11.9 Å². The Labute approximate surface area is 119 Å². The van der Waals surface area contributed by atoms with E-state index in [2.05, 4.69) is 35.8 Å². The Bertz CT molecular complexity index is 413. The lowest BCUT2D eigenvalue weighted by molar-refractivity contribution is -0.135. The number of nitrogens with zero attached hydrogens (tertiary/aromatic N) is 1. The van der Waals surface area contributed by atoms with Crippen molar-refractivity contribution in [3.05, 3.63) is 29.8 Å². The number of rotatable bonds is 4. The number of hydrogen-bond acceptors (Lipinski definition) is 3. The molecule has 1 aromatic rings. The maximum absolute atomic E-state index is 12.3. The molecular formula is C15H22N2OS. The Morgan fingerprint density at radius 1 is 1.42 bits per heavy atom. The van der Waals surface area contributed by atoms with Gasteiger partial charge in [0.2, 0.25) is 5.91 Å². The molecule has 19 heavy (non-hydrogen) atoms. The third-order valence-corrected chi connectivity index (χ3v) is 4.34. The summed E-state index contributed by atoms with van der Waals surface area (Å²) in [5.74, 6) is 0.422. The minimum atomic E-state index is 0.157. The zero-order chi connectivity index (χ0) is 13.7. The molecule has 1 aromatic carbocycles. The van der Waals surface area contributed by atoms with Crippen LogP contribution in [0.25, 0.3) is 0 Å². The lowest BCUT2D eigenvalue weighted by Crippen LogP contribution is -2.41. The highest BCUT2D eigenvalue weighted by Crippen LogP contribution is 2.17. The van der Waals surface area contributed by atoms with Gasteiger partial charge in [-0.05, 0) is 43.3 Å². The quantitative estimate of drug-likeness (QED) is 0.858. The Morgan fingerprint density at radius 3 is 2.74 bits per heavy atom. The van der Waals surface area contributed by atoms with Crippen LogP contribution in [0.2, 0.25) is 0 Å². The molecular weight excluding hydrogens is 256 g/mol. The first-order chi connectivity index (χ1) is 9.20. The summed E-state index contributed by atoms with van der Waals surface area (Å²) in [6, 6.07) is 8.43. The molecule has 0 radical (unpaired) electrons. The number of nitrogens with one attached hydrogen (secondary N) is 1. The van der Waals surface area contributed by atoms with Gasteiger partial charge in [-0.1, -0.05) is 12.1 Å². The van der Waals surface area contributed by atoms with E-state index in [0.717, 1.165) is 25.9 Å². The van der Waals surface area contributed by atoms with Crippen LogP contribution < -0.4 is 5.32 Å². The Morgan fingerprint density at radius 2 is 2.16 bits per heavy atom. The summed E-state index contributed by atoms with van der Waals surface area (Å²) in [4.78, 5) is 15.4. The predicted octanol–water partition coefficient (Wildman–Crippen LogP) is 2.37. The van der Waals surface area contributed by atoms with E-state index in [9.17, 15) is 4.79 Å². The summed E-state index contributed by atoms with van der Waals surface area (Å²) >= 11 is 1.74. The van der Waals surface area contributed by atoms with Gasteiger partial charge in [0.05, 0.1) is 5.92 Å². The first-order valence-electron chi connectivity index (χ1n) is 6.79. The highest BCUT2D eigenvalue weighted by atomic mass is 32.2. The molecule has 1 aliphatic rings. The predicted molar refractivity (Wildman–Crippen MR) is 80.3 cm³/mol. The van der Waals surface area contributed by atoms with Crippen molar-refractivity contribution in [2.75, 3.05) is 26.4 Å². The number of carbonyl (C=O) groups excluding carboxylic acids is 1. The van der Waals surface area contributed by atoms with Crippen LogP contribution in [-0.2, 0) is 11.3 Å². The van der Waals surface area contributed by atoms with Crippen molar-refractivity contribution in [3.63, 3.8) is 0 Å². The van der Waals surface area contributed by atoms with E-state index < -0.39 is 0 Å². The normalized spacial score (nSPS) is 19.2. The standard InChI is InChI=1S/C15H22N2OS/c1-17(15(18)13-4-3-9-16-10-13)11-12-5-7-14(19-2)8-6-12/h5-8,13,16H,3-4,9-11H2,1-2H3/t13-/m1/s1. The molecule has 3 nitrogen and oxygen atoms in total. The summed E-state index contributed by atoms with van der Waals surface area (Å²) in [6.45, 7) is 2.57. The van der Waals surface area contributed by atoms with E-state index in [1.165, 1.54) is 10.5 Å². The topological polar surface area (TPSA) is 32.3 Å². The number of piperidine rings is 1. The second-order valence-electron chi connectivity index (χ2n) is 5.09. The summed E-state index contributed by atoms with van der Waals surface area (Å²) in [5.41, 5.74) is 1.19. The molecule has 0 spiro atoms. The van der Waals surface area contributed by atoms with Crippen LogP contribution in [0, 0.1) is 5.92 Å². The van der Waals surface area contributed by atoms with Gasteiger partial charge in [-0.25, -0.2) is 0 Å². The first-order valence-corrected chi connectivity index (χ1v) is 8.02. The van der Waals surface area contributed by atoms with Crippen LogP contribution in [0.1, 0.15) is 18.4 Å². The van der Waals surface area contributed by atoms with Gasteiger partial charge in [-0.15, -0.1) is 11.8 Å². The zero-order valence-electron chi connectivity index (χ0n) is 11.7. The van der Waals surface area contributed by atoms with Gasteiger partial charge in [-0.3, -0.25) is 4.79 Å². The average molecular weight is 278 g/mol. The molecule has 1 N–H and O–H groups in total. The fourth-order valence-electron chi connectivity index (χ4n) is 2.46. The van der Waals surface area contributed by atoms with Crippen LogP contribution in [-0.4, -0.2) is 37.2 Å². The largest absolute Gasteiger partial charge is 0.341 e. The van der Waals surface area contributed by atoms with Gasteiger partial charge in [0.15, 0.2) is 0 Å². The van der Waals surface area contributed by atoms with Crippen molar-refractivity contribution in [2.24, 2.45) is 5.92 Å². The molecule has 0 aliphatic carbocycles. The minimum absolute atomic E-state index is 0.157. The molecule has 4 heteroatoms. The summed E-state index contributed by atoms with van der Waals surface area (Å²) in [5, 5.41) is 3.30. The van der Waals surface area contributed by atoms with Gasteiger partial charge in [0, 0.05) is 25.0 Å². The van der Waals surface area contributed by atoms with Gasteiger partial charge in [-0.2, -0.15) is 0 Å². The number of carbonyl (C=O) groups is 1. The van der Waals surface area contributed by atoms with Gasteiger partial charge in [0.25, 0.3) is 0 Å². The number of hydrogen-bond donors (Lipinski definition) is 1. The van der Waals surface area contributed by atoms with Crippen LogP contribution in [0.4, 0.5) is 0 Å². The zero-order valence-corrected chi connectivity index (χ0v) is 12.5. The SMILES string of the molecule is CSc1ccc(CN(C)C(=O)[C@@H]2CCCNC2)cc1. The van der Waals surface area contributed by atoms with Crippen molar-refractivity contribution < 1.29 is 4.79 Å².